The lowest BCUT2D eigenvalue weighted by Gasteiger charge is -2.38. The summed E-state index contributed by atoms with van der Waals surface area (Å²) in [5.74, 6) is 1.23. The molecule has 21 heavy (non-hydrogen) atoms. The molecule has 1 aromatic carbocycles. The molecular formula is C18H25NO2. The quantitative estimate of drug-likeness (QED) is 0.815. The second-order valence-electron chi connectivity index (χ2n) is 5.77. The van der Waals surface area contributed by atoms with E-state index in [2.05, 4.69) is 38.0 Å². The molecule has 0 fully saturated rings. The molecule has 0 amide bonds. The molecule has 0 aliphatic carbocycles. The van der Waals surface area contributed by atoms with Gasteiger partial charge in [0.15, 0.2) is 0 Å². The maximum Gasteiger partial charge on any atom is 0.128 e. The highest BCUT2D eigenvalue weighted by Gasteiger charge is 2.34. The number of fused-ring (bicyclic) bond motifs is 1. The van der Waals surface area contributed by atoms with Crippen molar-refractivity contribution < 1.29 is 9.84 Å². The van der Waals surface area contributed by atoms with Crippen molar-refractivity contribution in [2.24, 2.45) is 0 Å². The predicted molar refractivity (Wildman–Crippen MR) is 86.7 cm³/mol. The zero-order chi connectivity index (χ0) is 15.4. The van der Waals surface area contributed by atoms with Crippen molar-refractivity contribution in [2.75, 3.05) is 19.7 Å². The highest BCUT2D eigenvalue weighted by atomic mass is 16.5. The molecular weight excluding hydrogens is 262 g/mol. The minimum Gasteiger partial charge on any atom is -0.491 e. The minimum absolute atomic E-state index is 0.0732. The lowest BCUT2D eigenvalue weighted by molar-refractivity contribution is 0.0129. The number of hydrogen-bond donors (Lipinski definition) is 1. The van der Waals surface area contributed by atoms with E-state index in [0.717, 1.165) is 16.9 Å². The SMILES string of the molecule is C=CCN(CC=C)C1COc2c(C(C)C)cccc2C1O. The molecule has 0 radical (unpaired) electrons. The van der Waals surface area contributed by atoms with Crippen molar-refractivity contribution in [3.8, 4) is 5.75 Å². The summed E-state index contributed by atoms with van der Waals surface area (Å²) < 4.78 is 6.00. The highest BCUT2D eigenvalue weighted by Crippen LogP contribution is 2.39. The maximum absolute atomic E-state index is 10.8. The fourth-order valence-corrected chi connectivity index (χ4v) is 2.88. The van der Waals surface area contributed by atoms with Crippen molar-refractivity contribution in [2.45, 2.75) is 31.9 Å². The Kier molecular flexibility index (Phi) is 5.21. The Hall–Kier alpha value is -1.58. The average Bonchev–Trinajstić information content (AvgIpc) is 2.47. The van der Waals surface area contributed by atoms with Gasteiger partial charge in [0, 0.05) is 18.7 Å². The van der Waals surface area contributed by atoms with Gasteiger partial charge < -0.3 is 9.84 Å². The molecule has 0 saturated heterocycles. The number of aliphatic hydroxyl groups excluding tert-OH is 1. The van der Waals surface area contributed by atoms with Gasteiger partial charge in [0.1, 0.15) is 18.5 Å². The van der Waals surface area contributed by atoms with Gasteiger partial charge in [0.25, 0.3) is 0 Å². The largest absolute Gasteiger partial charge is 0.491 e. The number of para-hydroxylation sites is 1. The summed E-state index contributed by atoms with van der Waals surface area (Å²) in [6.45, 7) is 13.7. The van der Waals surface area contributed by atoms with E-state index in [-0.39, 0.29) is 6.04 Å². The molecule has 0 spiro atoms. The Morgan fingerprint density at radius 3 is 2.57 bits per heavy atom. The molecule has 0 bridgehead atoms. The number of ether oxygens (including phenoxy) is 1. The van der Waals surface area contributed by atoms with Crippen molar-refractivity contribution in [3.63, 3.8) is 0 Å². The number of aliphatic hydroxyl groups is 1. The molecule has 1 aliphatic rings. The van der Waals surface area contributed by atoms with Gasteiger partial charge in [0.05, 0.1) is 6.04 Å². The van der Waals surface area contributed by atoms with E-state index < -0.39 is 6.10 Å². The second kappa shape index (κ2) is 6.92. The van der Waals surface area contributed by atoms with Gasteiger partial charge in [-0.05, 0) is 11.5 Å². The predicted octanol–water partition coefficient (Wildman–Crippen LogP) is 3.28. The molecule has 1 N–H and O–H groups in total. The fraction of sp³-hybridized carbons (Fsp3) is 0.444. The molecule has 3 heteroatoms. The lowest BCUT2D eigenvalue weighted by atomic mass is 9.92. The van der Waals surface area contributed by atoms with Gasteiger partial charge in [-0.3, -0.25) is 4.90 Å². The van der Waals surface area contributed by atoms with E-state index >= 15 is 0 Å². The van der Waals surface area contributed by atoms with E-state index in [9.17, 15) is 5.11 Å². The van der Waals surface area contributed by atoms with Gasteiger partial charge in [-0.25, -0.2) is 0 Å². The van der Waals surface area contributed by atoms with Crippen LogP contribution in [0.4, 0.5) is 0 Å². The molecule has 1 aromatic rings. The van der Waals surface area contributed by atoms with Crippen LogP contribution in [0.25, 0.3) is 0 Å². The summed E-state index contributed by atoms with van der Waals surface area (Å²) >= 11 is 0. The molecule has 1 heterocycles. The van der Waals surface area contributed by atoms with Gasteiger partial charge >= 0.3 is 0 Å². The Morgan fingerprint density at radius 1 is 1.33 bits per heavy atom. The molecule has 0 saturated carbocycles. The Bertz CT molecular complexity index is 500. The first-order chi connectivity index (χ1) is 10.1. The van der Waals surface area contributed by atoms with E-state index in [0.29, 0.717) is 25.6 Å². The summed E-state index contributed by atoms with van der Waals surface area (Å²) in [7, 11) is 0. The van der Waals surface area contributed by atoms with Gasteiger partial charge in [-0.1, -0.05) is 44.2 Å². The van der Waals surface area contributed by atoms with Crippen LogP contribution in [0, 0.1) is 0 Å². The first-order valence-electron chi connectivity index (χ1n) is 7.49. The van der Waals surface area contributed by atoms with Crippen molar-refractivity contribution in [1.82, 2.24) is 4.90 Å². The monoisotopic (exact) mass is 287 g/mol. The smallest absolute Gasteiger partial charge is 0.128 e. The van der Waals surface area contributed by atoms with Gasteiger partial charge in [-0.2, -0.15) is 0 Å². The third-order valence-electron chi connectivity index (χ3n) is 3.98. The zero-order valence-electron chi connectivity index (χ0n) is 13.0. The summed E-state index contributed by atoms with van der Waals surface area (Å²) in [5, 5.41) is 10.8. The van der Waals surface area contributed by atoms with Crippen LogP contribution < -0.4 is 4.74 Å². The summed E-state index contributed by atoms with van der Waals surface area (Å²) in [4.78, 5) is 2.13. The Labute approximate surface area is 127 Å². The average molecular weight is 287 g/mol. The van der Waals surface area contributed by atoms with Crippen molar-refractivity contribution >= 4 is 0 Å². The number of benzene rings is 1. The summed E-state index contributed by atoms with van der Waals surface area (Å²) in [6.07, 6.45) is 3.14. The normalized spacial score (nSPS) is 21.0. The van der Waals surface area contributed by atoms with Crippen molar-refractivity contribution in [1.29, 1.82) is 0 Å². The van der Waals surface area contributed by atoms with Crippen LogP contribution in [0.5, 0.6) is 5.75 Å². The molecule has 0 aromatic heterocycles. The zero-order valence-corrected chi connectivity index (χ0v) is 13.0. The molecule has 2 rings (SSSR count). The van der Waals surface area contributed by atoms with Crippen LogP contribution in [-0.4, -0.2) is 35.7 Å². The number of nitrogens with zero attached hydrogens (tertiary/aromatic N) is 1. The molecule has 3 nitrogen and oxygen atoms in total. The van der Waals surface area contributed by atoms with E-state index in [4.69, 9.17) is 4.74 Å². The van der Waals surface area contributed by atoms with Crippen LogP contribution in [0.2, 0.25) is 0 Å². The van der Waals surface area contributed by atoms with Gasteiger partial charge in [-0.15, -0.1) is 13.2 Å². The third-order valence-corrected chi connectivity index (χ3v) is 3.98. The van der Waals surface area contributed by atoms with E-state index in [1.54, 1.807) is 0 Å². The van der Waals surface area contributed by atoms with Crippen LogP contribution in [0.3, 0.4) is 0 Å². The molecule has 1 aliphatic heterocycles. The van der Waals surface area contributed by atoms with Gasteiger partial charge in [0.2, 0.25) is 0 Å². The first kappa shape index (κ1) is 15.8. The van der Waals surface area contributed by atoms with Crippen LogP contribution >= 0.6 is 0 Å². The van der Waals surface area contributed by atoms with E-state index in [1.165, 1.54) is 0 Å². The minimum atomic E-state index is -0.549. The summed E-state index contributed by atoms with van der Waals surface area (Å²) in [5.41, 5.74) is 2.04. The Morgan fingerprint density at radius 2 is 2.00 bits per heavy atom. The second-order valence-corrected chi connectivity index (χ2v) is 5.77. The Balaban J connectivity index is 2.31. The maximum atomic E-state index is 10.8. The van der Waals surface area contributed by atoms with Crippen LogP contribution in [0.1, 0.15) is 37.0 Å². The molecule has 2 unspecified atom stereocenters. The lowest BCUT2D eigenvalue weighted by Crippen LogP contribution is -2.46. The number of rotatable bonds is 6. The number of hydrogen-bond acceptors (Lipinski definition) is 3. The topological polar surface area (TPSA) is 32.7 Å². The van der Waals surface area contributed by atoms with Crippen molar-refractivity contribution in [3.05, 3.63) is 54.6 Å². The summed E-state index contributed by atoms with van der Waals surface area (Å²) in [6, 6.07) is 5.95. The van der Waals surface area contributed by atoms with Crippen LogP contribution in [0.15, 0.2) is 43.5 Å². The van der Waals surface area contributed by atoms with Crippen LogP contribution in [-0.2, 0) is 0 Å². The molecule has 2 atom stereocenters. The third kappa shape index (κ3) is 3.20. The first-order valence-corrected chi connectivity index (χ1v) is 7.49. The highest BCUT2D eigenvalue weighted by molar-refractivity contribution is 5.46. The molecule has 114 valence electrons. The standard InChI is InChI=1S/C18H25NO2/c1-5-10-19(11-6-2)16-12-21-18-14(13(3)4)8-7-9-15(18)17(16)20/h5-9,13,16-17,20H,1-2,10-12H2,3-4H3. The van der Waals surface area contributed by atoms with E-state index in [1.807, 2.05) is 24.3 Å². The fourth-order valence-electron chi connectivity index (χ4n) is 2.88.